The van der Waals surface area contributed by atoms with E-state index in [0.717, 1.165) is 48.8 Å². The van der Waals surface area contributed by atoms with Gasteiger partial charge in [-0.1, -0.05) is 61.9 Å². The van der Waals surface area contributed by atoms with E-state index in [2.05, 4.69) is 20.9 Å². The minimum Gasteiger partial charge on any atom is -0.333 e. The first-order valence-corrected chi connectivity index (χ1v) is 17.7. The molecule has 3 aromatic rings. The van der Waals surface area contributed by atoms with Gasteiger partial charge in [-0.25, -0.2) is 22.9 Å². The van der Waals surface area contributed by atoms with Crippen LogP contribution in [0.25, 0.3) is 0 Å². The molecule has 1 heterocycles. The smallest absolute Gasteiger partial charge is 0.333 e. The van der Waals surface area contributed by atoms with Gasteiger partial charge in [-0.3, -0.25) is 24.3 Å². The molecule has 0 radical (unpaired) electrons. The summed E-state index contributed by atoms with van der Waals surface area (Å²) in [6.45, 7) is 4.60. The van der Waals surface area contributed by atoms with Gasteiger partial charge in [0.05, 0.1) is 27.4 Å². The second-order valence-corrected chi connectivity index (χ2v) is 15.1. The van der Waals surface area contributed by atoms with Crippen molar-refractivity contribution in [3.05, 3.63) is 80.9 Å². The SMILES string of the molecule is CC(C)(C)NC(=O)Nc1nc(Cl)c(CCC2CCCCC2)n(CC(=O)Nc2ccccc2C(=O)NS(=O)(=O)c2cccc(C(F)(F)F)c2)c1=O. The molecule has 0 unspecified atom stereocenters. The fraction of sp³-hybridized carbons (Fsp3) is 0.424. The molecule has 4 N–H and O–H groups in total. The number of carbonyl (C=O) groups excluding carboxylic acids is 3. The Hall–Kier alpha value is -4.44. The highest BCUT2D eigenvalue weighted by molar-refractivity contribution is 7.90. The maximum Gasteiger partial charge on any atom is 0.416 e. The van der Waals surface area contributed by atoms with Gasteiger partial charge >= 0.3 is 12.2 Å². The van der Waals surface area contributed by atoms with Gasteiger partial charge < -0.3 is 10.6 Å². The summed E-state index contributed by atoms with van der Waals surface area (Å²) >= 11 is 6.55. The monoisotopic (exact) mass is 738 g/mol. The summed E-state index contributed by atoms with van der Waals surface area (Å²) in [6.07, 6.45) is 1.55. The molecule has 17 heteroatoms. The Morgan fingerprint density at radius 2 is 1.66 bits per heavy atom. The normalized spacial score (nSPS) is 14.1. The van der Waals surface area contributed by atoms with Crippen molar-refractivity contribution in [1.29, 1.82) is 0 Å². The number of aromatic nitrogens is 2. The predicted molar refractivity (Wildman–Crippen MR) is 181 cm³/mol. The molecule has 1 fully saturated rings. The van der Waals surface area contributed by atoms with Gasteiger partial charge in [0.25, 0.3) is 21.5 Å². The quantitative estimate of drug-likeness (QED) is 0.195. The van der Waals surface area contributed by atoms with Crippen molar-refractivity contribution in [3.63, 3.8) is 0 Å². The lowest BCUT2D eigenvalue weighted by Gasteiger charge is -2.23. The molecule has 2 aromatic carbocycles. The van der Waals surface area contributed by atoms with Gasteiger partial charge in [0.1, 0.15) is 6.54 Å². The van der Waals surface area contributed by atoms with E-state index < -0.39 is 68.0 Å². The number of amides is 4. The summed E-state index contributed by atoms with van der Waals surface area (Å²) < 4.78 is 68.1. The molecule has 1 aliphatic rings. The van der Waals surface area contributed by atoms with Crippen LogP contribution in [-0.2, 0) is 34.0 Å². The van der Waals surface area contributed by atoms with E-state index >= 15 is 0 Å². The fourth-order valence-corrected chi connectivity index (χ4v) is 6.85. The van der Waals surface area contributed by atoms with Crippen LogP contribution in [0.3, 0.4) is 0 Å². The van der Waals surface area contributed by atoms with Gasteiger partial charge in [-0.2, -0.15) is 13.2 Å². The van der Waals surface area contributed by atoms with Crippen molar-refractivity contribution in [2.24, 2.45) is 5.92 Å². The topological polar surface area (TPSA) is 168 Å². The van der Waals surface area contributed by atoms with E-state index in [4.69, 9.17) is 11.6 Å². The number of nitrogens with one attached hydrogen (secondary N) is 4. The largest absolute Gasteiger partial charge is 0.416 e. The second-order valence-electron chi connectivity index (χ2n) is 13.0. The number of hydrogen-bond acceptors (Lipinski definition) is 7. The zero-order chi connectivity index (χ0) is 36.9. The molecular weight excluding hydrogens is 701 g/mol. The van der Waals surface area contributed by atoms with Crippen molar-refractivity contribution in [2.45, 2.75) is 88.9 Å². The molecule has 50 heavy (non-hydrogen) atoms. The lowest BCUT2D eigenvalue weighted by atomic mass is 9.86. The molecule has 0 atom stereocenters. The van der Waals surface area contributed by atoms with E-state index in [0.29, 0.717) is 30.9 Å². The van der Waals surface area contributed by atoms with Crippen LogP contribution in [-0.4, -0.2) is 41.4 Å². The third-order valence-corrected chi connectivity index (χ3v) is 9.53. The van der Waals surface area contributed by atoms with Crippen LogP contribution in [0.4, 0.5) is 29.5 Å². The summed E-state index contributed by atoms with van der Waals surface area (Å²) in [5.74, 6) is -2.05. The number of rotatable bonds is 10. The fourth-order valence-electron chi connectivity index (χ4n) is 5.55. The van der Waals surface area contributed by atoms with Crippen molar-refractivity contribution >= 4 is 51.0 Å². The first-order valence-electron chi connectivity index (χ1n) is 15.9. The third kappa shape index (κ3) is 10.3. The minimum atomic E-state index is -4.82. The summed E-state index contributed by atoms with van der Waals surface area (Å²) in [5.41, 5.74) is -2.86. The van der Waals surface area contributed by atoms with Crippen LogP contribution in [0.1, 0.15) is 80.9 Å². The average Bonchev–Trinajstić information content (AvgIpc) is 3.02. The Morgan fingerprint density at radius 3 is 2.32 bits per heavy atom. The standard InChI is InChI=1S/C33H38ClF3N6O6S/c1-32(2,3)41-31(47)40-28-30(46)43(25(27(34)39-28)17-16-20-10-5-4-6-11-20)19-26(44)38-24-15-8-7-14-23(24)29(45)42-50(48,49)22-13-9-12-21(18-22)33(35,36)37/h7-9,12-15,18,20H,4-6,10-11,16-17,19H2,1-3H3,(H,38,44)(H,42,45)(H2,39,40,41,47). The van der Waals surface area contributed by atoms with Gasteiger partial charge in [0.15, 0.2) is 5.15 Å². The highest BCUT2D eigenvalue weighted by Gasteiger charge is 2.32. The van der Waals surface area contributed by atoms with E-state index in [9.17, 15) is 40.8 Å². The highest BCUT2D eigenvalue weighted by atomic mass is 35.5. The van der Waals surface area contributed by atoms with Crippen LogP contribution >= 0.6 is 11.6 Å². The molecule has 4 amide bonds. The lowest BCUT2D eigenvalue weighted by Crippen LogP contribution is -2.44. The molecule has 4 rings (SSSR count). The number of urea groups is 1. The number of hydrogen-bond donors (Lipinski definition) is 4. The number of benzene rings is 2. The molecular formula is C33H38ClF3N6O6S. The zero-order valence-electron chi connectivity index (χ0n) is 27.6. The number of anilines is 2. The molecule has 0 spiro atoms. The maximum atomic E-state index is 13.7. The van der Waals surface area contributed by atoms with Gasteiger partial charge in [-0.05, 0) is 69.9 Å². The Bertz CT molecular complexity index is 1920. The molecule has 1 saturated carbocycles. The number of sulfonamides is 1. The van der Waals surface area contributed by atoms with Crippen LogP contribution in [0, 0.1) is 5.92 Å². The Morgan fingerprint density at radius 1 is 0.980 bits per heavy atom. The molecule has 270 valence electrons. The van der Waals surface area contributed by atoms with Gasteiger partial charge in [0.2, 0.25) is 11.7 Å². The van der Waals surface area contributed by atoms with Crippen molar-refractivity contribution in [3.8, 4) is 0 Å². The molecule has 1 aromatic heterocycles. The van der Waals surface area contributed by atoms with Gasteiger partial charge in [-0.15, -0.1) is 0 Å². The number of halogens is 4. The van der Waals surface area contributed by atoms with Crippen LogP contribution in [0.2, 0.25) is 5.15 Å². The second kappa shape index (κ2) is 15.6. The van der Waals surface area contributed by atoms with Gasteiger partial charge in [0, 0.05) is 5.54 Å². The molecule has 0 bridgehead atoms. The van der Waals surface area contributed by atoms with Crippen LogP contribution in [0.15, 0.2) is 58.2 Å². The zero-order valence-corrected chi connectivity index (χ0v) is 29.2. The van der Waals surface area contributed by atoms with Crippen LogP contribution < -0.4 is 26.2 Å². The predicted octanol–water partition coefficient (Wildman–Crippen LogP) is 6.11. The van der Waals surface area contributed by atoms with E-state index in [1.54, 1.807) is 25.5 Å². The molecule has 0 aliphatic heterocycles. The molecule has 12 nitrogen and oxygen atoms in total. The summed E-state index contributed by atoms with van der Waals surface area (Å²) in [4.78, 5) is 56.1. The van der Waals surface area contributed by atoms with E-state index in [1.807, 2.05) is 0 Å². The Kier molecular flexibility index (Phi) is 12.0. The summed E-state index contributed by atoms with van der Waals surface area (Å²) in [6, 6.07) is 7.50. The lowest BCUT2D eigenvalue weighted by molar-refractivity contribution is -0.137. The van der Waals surface area contributed by atoms with E-state index in [1.165, 1.54) is 24.3 Å². The summed E-state index contributed by atoms with van der Waals surface area (Å²) in [7, 11) is -4.76. The van der Waals surface area contributed by atoms with Crippen molar-refractivity contribution < 1.29 is 36.0 Å². The number of nitrogens with zero attached hydrogens (tertiary/aromatic N) is 2. The molecule has 1 aliphatic carbocycles. The first-order chi connectivity index (χ1) is 23.3. The van der Waals surface area contributed by atoms with Crippen molar-refractivity contribution in [2.75, 3.05) is 10.6 Å². The highest BCUT2D eigenvalue weighted by Crippen LogP contribution is 2.31. The number of alkyl halides is 3. The van der Waals surface area contributed by atoms with Crippen molar-refractivity contribution in [1.82, 2.24) is 19.6 Å². The molecule has 0 saturated heterocycles. The summed E-state index contributed by atoms with van der Waals surface area (Å²) in [5, 5.41) is 7.46. The maximum absolute atomic E-state index is 13.7. The Labute approximate surface area is 292 Å². The van der Waals surface area contributed by atoms with E-state index in [-0.39, 0.29) is 22.1 Å². The Balaban J connectivity index is 1.59. The average molecular weight is 739 g/mol. The number of carbonyl (C=O) groups is 3. The third-order valence-electron chi connectivity index (χ3n) is 7.90. The first kappa shape index (κ1) is 38.4. The number of para-hydroxylation sites is 1. The van der Waals surface area contributed by atoms with Crippen LogP contribution in [0.5, 0.6) is 0 Å². The minimum absolute atomic E-state index is 0.0844.